The predicted octanol–water partition coefficient (Wildman–Crippen LogP) is 3.00. The average Bonchev–Trinajstić information content (AvgIpc) is 2.70. The minimum Gasteiger partial charge on any atom is -0.442 e. The van der Waals surface area contributed by atoms with Crippen molar-refractivity contribution in [1.29, 1.82) is 0 Å². The summed E-state index contributed by atoms with van der Waals surface area (Å²) < 4.78 is 5.36. The molecule has 0 aliphatic carbocycles. The normalized spacial score (nSPS) is 10.3. The van der Waals surface area contributed by atoms with Gasteiger partial charge in [0.15, 0.2) is 5.82 Å². The van der Waals surface area contributed by atoms with E-state index in [-0.39, 0.29) is 0 Å². The molecule has 78 valence electrons. The van der Waals surface area contributed by atoms with Crippen LogP contribution in [0.15, 0.2) is 28.9 Å². The van der Waals surface area contributed by atoms with Crippen molar-refractivity contribution in [1.82, 2.24) is 4.98 Å². The number of nitrogens with zero attached hydrogens (tertiary/aromatic N) is 1. The highest BCUT2D eigenvalue weighted by Gasteiger charge is 2.06. The summed E-state index contributed by atoms with van der Waals surface area (Å²) in [6.45, 7) is 4.18. The topological polar surface area (TPSA) is 38.1 Å². The lowest BCUT2D eigenvalue weighted by Crippen LogP contribution is -1.87. The van der Waals surface area contributed by atoms with Crippen molar-refractivity contribution >= 4 is 5.82 Å². The molecule has 0 unspecified atom stereocenters. The van der Waals surface area contributed by atoms with Crippen molar-refractivity contribution in [2.75, 3.05) is 12.4 Å². The smallest absolute Gasteiger partial charge is 0.227 e. The van der Waals surface area contributed by atoms with Crippen molar-refractivity contribution in [2.24, 2.45) is 0 Å². The van der Waals surface area contributed by atoms with Gasteiger partial charge in [-0.1, -0.05) is 6.07 Å². The predicted molar refractivity (Wildman–Crippen MR) is 61.0 cm³/mol. The van der Waals surface area contributed by atoms with Crippen molar-refractivity contribution in [3.63, 3.8) is 0 Å². The number of aryl methyl sites for hydroxylation is 2. The number of hydrogen-bond acceptors (Lipinski definition) is 3. The summed E-state index contributed by atoms with van der Waals surface area (Å²) in [5.41, 5.74) is 3.54. The van der Waals surface area contributed by atoms with E-state index in [4.69, 9.17) is 4.42 Å². The molecule has 0 aliphatic heterocycles. The van der Waals surface area contributed by atoms with Crippen LogP contribution in [-0.2, 0) is 0 Å². The quantitative estimate of drug-likeness (QED) is 0.813. The lowest BCUT2D eigenvalue weighted by Gasteiger charge is -2.01. The fourth-order valence-corrected chi connectivity index (χ4v) is 1.40. The van der Waals surface area contributed by atoms with E-state index in [9.17, 15) is 0 Å². The van der Waals surface area contributed by atoms with Gasteiger partial charge in [0.05, 0.1) is 0 Å². The fraction of sp³-hybridized carbons (Fsp3) is 0.250. The Morgan fingerprint density at radius 2 is 2.00 bits per heavy atom. The monoisotopic (exact) mass is 202 g/mol. The van der Waals surface area contributed by atoms with E-state index in [0.29, 0.717) is 5.89 Å². The van der Waals surface area contributed by atoms with Crippen LogP contribution in [0, 0.1) is 13.8 Å². The lowest BCUT2D eigenvalue weighted by molar-refractivity contribution is 0.575. The second-order valence-corrected chi connectivity index (χ2v) is 3.59. The maximum atomic E-state index is 5.36. The average molecular weight is 202 g/mol. The van der Waals surface area contributed by atoms with Crippen LogP contribution in [0.2, 0.25) is 0 Å². The van der Waals surface area contributed by atoms with Gasteiger partial charge in [-0.2, -0.15) is 4.98 Å². The summed E-state index contributed by atoms with van der Waals surface area (Å²) in [6, 6.07) is 6.18. The first-order valence-corrected chi connectivity index (χ1v) is 4.91. The Kier molecular flexibility index (Phi) is 2.46. The molecule has 0 saturated heterocycles. The highest BCUT2D eigenvalue weighted by atomic mass is 16.3. The Balaban J connectivity index is 2.40. The number of nitrogens with one attached hydrogen (secondary N) is 1. The van der Waals surface area contributed by atoms with Crippen LogP contribution in [0.4, 0.5) is 5.82 Å². The molecule has 3 heteroatoms. The van der Waals surface area contributed by atoms with E-state index in [1.54, 1.807) is 6.26 Å². The summed E-state index contributed by atoms with van der Waals surface area (Å²) in [5, 5.41) is 2.94. The van der Waals surface area contributed by atoms with Crippen LogP contribution in [0.1, 0.15) is 11.1 Å². The molecule has 0 saturated carbocycles. The maximum absolute atomic E-state index is 5.36. The van der Waals surface area contributed by atoms with Crippen molar-refractivity contribution in [2.45, 2.75) is 13.8 Å². The third-order valence-corrected chi connectivity index (χ3v) is 2.51. The third kappa shape index (κ3) is 1.86. The molecule has 1 aromatic carbocycles. The first kappa shape index (κ1) is 9.77. The van der Waals surface area contributed by atoms with Crippen LogP contribution >= 0.6 is 0 Å². The number of benzene rings is 1. The Hall–Kier alpha value is -1.77. The molecule has 2 rings (SSSR count). The first-order chi connectivity index (χ1) is 7.20. The van der Waals surface area contributed by atoms with E-state index >= 15 is 0 Å². The molecule has 15 heavy (non-hydrogen) atoms. The van der Waals surface area contributed by atoms with Crippen LogP contribution in [0.5, 0.6) is 0 Å². The van der Waals surface area contributed by atoms with Gasteiger partial charge < -0.3 is 9.73 Å². The number of aromatic nitrogens is 1. The molecule has 0 amide bonds. The first-order valence-electron chi connectivity index (χ1n) is 4.91. The second kappa shape index (κ2) is 3.77. The van der Waals surface area contributed by atoms with Crippen LogP contribution in [-0.4, -0.2) is 12.0 Å². The second-order valence-electron chi connectivity index (χ2n) is 3.59. The minimum atomic E-state index is 0.655. The summed E-state index contributed by atoms with van der Waals surface area (Å²) >= 11 is 0. The van der Waals surface area contributed by atoms with Gasteiger partial charge >= 0.3 is 0 Å². The molecule has 1 N–H and O–H groups in total. The summed E-state index contributed by atoms with van der Waals surface area (Å²) in [6.07, 6.45) is 1.62. The van der Waals surface area contributed by atoms with Gasteiger partial charge in [-0.25, -0.2) is 0 Å². The minimum absolute atomic E-state index is 0.655. The third-order valence-electron chi connectivity index (χ3n) is 2.51. The molecule has 3 nitrogen and oxygen atoms in total. The largest absolute Gasteiger partial charge is 0.442 e. The van der Waals surface area contributed by atoms with Gasteiger partial charge in [-0.3, -0.25) is 0 Å². The standard InChI is InChI=1S/C12H14N2O/c1-8-4-5-10(6-9(8)2)12-14-11(13-3)7-15-12/h4-7,13H,1-3H3. The molecule has 2 aromatic rings. The molecule has 0 fully saturated rings. The van der Waals surface area contributed by atoms with Gasteiger partial charge in [-0.15, -0.1) is 0 Å². The van der Waals surface area contributed by atoms with Crippen LogP contribution in [0.3, 0.4) is 0 Å². The maximum Gasteiger partial charge on any atom is 0.227 e. The Morgan fingerprint density at radius 1 is 1.20 bits per heavy atom. The molecule has 1 heterocycles. The van der Waals surface area contributed by atoms with Gasteiger partial charge in [0.1, 0.15) is 6.26 Å². The zero-order valence-corrected chi connectivity index (χ0v) is 9.16. The summed E-state index contributed by atoms with van der Waals surface area (Å²) in [7, 11) is 1.82. The Bertz CT molecular complexity index is 474. The Morgan fingerprint density at radius 3 is 2.60 bits per heavy atom. The molecule has 0 atom stereocenters. The highest BCUT2D eigenvalue weighted by molar-refractivity contribution is 5.57. The molecular formula is C12H14N2O. The fourth-order valence-electron chi connectivity index (χ4n) is 1.40. The molecular weight excluding hydrogens is 188 g/mol. The molecule has 1 aromatic heterocycles. The number of anilines is 1. The highest BCUT2D eigenvalue weighted by Crippen LogP contribution is 2.22. The van der Waals surface area contributed by atoms with Gasteiger partial charge in [0.2, 0.25) is 5.89 Å². The van der Waals surface area contributed by atoms with Crippen molar-refractivity contribution in [3.05, 3.63) is 35.6 Å². The van der Waals surface area contributed by atoms with Crippen molar-refractivity contribution in [3.8, 4) is 11.5 Å². The number of hydrogen-bond donors (Lipinski definition) is 1. The molecule has 0 spiro atoms. The van der Waals surface area contributed by atoms with Crippen LogP contribution in [0.25, 0.3) is 11.5 Å². The zero-order chi connectivity index (χ0) is 10.8. The van der Waals surface area contributed by atoms with E-state index in [1.165, 1.54) is 11.1 Å². The SMILES string of the molecule is CNc1coc(-c2ccc(C)c(C)c2)n1. The van der Waals surface area contributed by atoms with Gasteiger partial charge in [-0.05, 0) is 37.1 Å². The lowest BCUT2D eigenvalue weighted by atomic mass is 10.1. The van der Waals surface area contributed by atoms with Gasteiger partial charge in [0.25, 0.3) is 0 Å². The van der Waals surface area contributed by atoms with Crippen LogP contribution < -0.4 is 5.32 Å². The van der Waals surface area contributed by atoms with E-state index in [0.717, 1.165) is 11.4 Å². The molecule has 0 radical (unpaired) electrons. The van der Waals surface area contributed by atoms with Gasteiger partial charge in [0, 0.05) is 12.6 Å². The number of oxazole rings is 1. The Labute approximate surface area is 89.1 Å². The number of rotatable bonds is 2. The van der Waals surface area contributed by atoms with E-state index in [2.05, 4.69) is 36.3 Å². The molecule has 0 aliphatic rings. The van der Waals surface area contributed by atoms with Crippen molar-refractivity contribution < 1.29 is 4.42 Å². The summed E-state index contributed by atoms with van der Waals surface area (Å²) in [4.78, 5) is 4.29. The zero-order valence-electron chi connectivity index (χ0n) is 9.16. The van der Waals surface area contributed by atoms with E-state index in [1.807, 2.05) is 13.1 Å². The molecule has 0 bridgehead atoms. The summed E-state index contributed by atoms with van der Waals surface area (Å²) in [5.74, 6) is 1.41. The van der Waals surface area contributed by atoms with E-state index < -0.39 is 0 Å².